The number of rotatable bonds is 7. The van der Waals surface area contributed by atoms with Gasteiger partial charge >= 0.3 is 16.2 Å². The van der Waals surface area contributed by atoms with Crippen molar-refractivity contribution in [3.8, 4) is 0 Å². The molecule has 0 bridgehead atoms. The molecule has 9 nitrogen and oxygen atoms in total. The van der Waals surface area contributed by atoms with Gasteiger partial charge in [-0.2, -0.15) is 8.42 Å². The lowest BCUT2D eigenvalue weighted by Crippen LogP contribution is -2.54. The predicted molar refractivity (Wildman–Crippen MR) is 134 cm³/mol. The highest BCUT2D eigenvalue weighted by atomic mass is 32.2. The summed E-state index contributed by atoms with van der Waals surface area (Å²) in [6.07, 6.45) is 1.59. The quantitative estimate of drug-likeness (QED) is 0.489. The Hall–Kier alpha value is -4.06. The minimum atomic E-state index is -4.34. The Balaban J connectivity index is 1.55. The van der Waals surface area contributed by atoms with E-state index in [1.54, 1.807) is 36.4 Å². The summed E-state index contributed by atoms with van der Waals surface area (Å²) in [7, 11) is -2.86. The molecule has 0 saturated carbocycles. The Morgan fingerprint density at radius 2 is 1.78 bits per heavy atom. The van der Waals surface area contributed by atoms with Crippen molar-refractivity contribution in [1.82, 2.24) is 15.0 Å². The van der Waals surface area contributed by atoms with Crippen molar-refractivity contribution < 1.29 is 26.8 Å². The number of likely N-dealkylation sites (N-methyl/N-ethyl adjacent to an activating group) is 1. The van der Waals surface area contributed by atoms with Crippen LogP contribution in [0.2, 0.25) is 0 Å². The van der Waals surface area contributed by atoms with Crippen molar-refractivity contribution in [3.05, 3.63) is 89.1 Å². The van der Waals surface area contributed by atoms with Gasteiger partial charge in [0.05, 0.1) is 0 Å². The molecule has 0 spiro atoms. The summed E-state index contributed by atoms with van der Waals surface area (Å²) in [6, 6.07) is 10.7. The Morgan fingerprint density at radius 1 is 1.11 bits per heavy atom. The number of urea groups is 1. The molecule has 0 unspecified atom stereocenters. The second-order valence-electron chi connectivity index (χ2n) is 8.66. The first-order valence-corrected chi connectivity index (χ1v) is 12.8. The number of aryl methyl sites for hydroxylation is 1. The van der Waals surface area contributed by atoms with Crippen LogP contribution in [0.3, 0.4) is 0 Å². The number of carbonyl (C=O) groups is 2. The lowest BCUT2D eigenvalue weighted by Gasteiger charge is -2.26. The SMILES string of the molecule is Cc1ccc(N(C)C(=O)[C@H](Cc2cc(F)cc(F)c2)NC(=O)NS(=O)(=O)N2CCc3cccnc32)cc1. The summed E-state index contributed by atoms with van der Waals surface area (Å²) in [5.74, 6) is -2.10. The number of hydrogen-bond acceptors (Lipinski definition) is 5. The summed E-state index contributed by atoms with van der Waals surface area (Å²) in [5, 5.41) is 2.36. The number of aromatic nitrogens is 1. The van der Waals surface area contributed by atoms with Gasteiger partial charge in [0.15, 0.2) is 0 Å². The highest BCUT2D eigenvalue weighted by Gasteiger charge is 2.33. The lowest BCUT2D eigenvalue weighted by molar-refractivity contribution is -0.120. The number of pyridine rings is 1. The number of amides is 3. The van der Waals surface area contributed by atoms with Crippen LogP contribution in [0.5, 0.6) is 0 Å². The Kier molecular flexibility index (Phi) is 7.39. The fourth-order valence-corrected chi connectivity index (χ4v) is 5.19. The van der Waals surface area contributed by atoms with Gasteiger partial charge in [-0.3, -0.25) is 4.79 Å². The average Bonchev–Trinajstić information content (AvgIpc) is 3.27. The largest absolute Gasteiger partial charge is 0.330 e. The molecule has 0 aliphatic carbocycles. The van der Waals surface area contributed by atoms with Crippen LogP contribution in [0.25, 0.3) is 0 Å². The molecule has 2 heterocycles. The number of benzene rings is 2. The van der Waals surface area contributed by atoms with E-state index >= 15 is 0 Å². The summed E-state index contributed by atoms with van der Waals surface area (Å²) in [6.45, 7) is 1.98. The van der Waals surface area contributed by atoms with Crippen LogP contribution in [0.1, 0.15) is 16.7 Å². The van der Waals surface area contributed by atoms with Gasteiger partial charge < -0.3 is 10.2 Å². The maximum Gasteiger partial charge on any atom is 0.330 e. The molecular weight excluding hydrogens is 504 g/mol. The van der Waals surface area contributed by atoms with E-state index in [0.717, 1.165) is 22.0 Å². The second kappa shape index (κ2) is 10.5. The van der Waals surface area contributed by atoms with E-state index in [0.29, 0.717) is 23.7 Å². The fraction of sp³-hybridized carbons (Fsp3) is 0.240. The van der Waals surface area contributed by atoms with Gasteiger partial charge in [-0.1, -0.05) is 23.8 Å². The first-order chi connectivity index (χ1) is 17.5. The summed E-state index contributed by atoms with van der Waals surface area (Å²) < 4.78 is 56.3. The molecule has 0 fully saturated rings. The number of halogens is 2. The van der Waals surface area contributed by atoms with Crippen LogP contribution in [0.15, 0.2) is 60.8 Å². The molecule has 3 aromatic rings. The monoisotopic (exact) mass is 529 g/mol. The van der Waals surface area contributed by atoms with Gasteiger partial charge in [0.2, 0.25) is 5.91 Å². The van der Waals surface area contributed by atoms with Gasteiger partial charge in [-0.15, -0.1) is 0 Å². The summed E-state index contributed by atoms with van der Waals surface area (Å²) in [4.78, 5) is 31.5. The van der Waals surface area contributed by atoms with E-state index in [1.165, 1.54) is 18.1 Å². The molecule has 2 aromatic carbocycles. The van der Waals surface area contributed by atoms with Crippen molar-refractivity contribution >= 4 is 33.7 Å². The van der Waals surface area contributed by atoms with Crippen LogP contribution in [-0.2, 0) is 27.8 Å². The van der Waals surface area contributed by atoms with Gasteiger partial charge in [0.25, 0.3) is 0 Å². The zero-order valence-electron chi connectivity index (χ0n) is 20.1. The van der Waals surface area contributed by atoms with Crippen molar-refractivity contribution in [2.45, 2.75) is 25.8 Å². The lowest BCUT2D eigenvalue weighted by atomic mass is 10.0. The van der Waals surface area contributed by atoms with E-state index in [9.17, 15) is 26.8 Å². The fourth-order valence-electron chi connectivity index (χ4n) is 4.07. The molecule has 1 atom stereocenters. The number of hydrogen-bond donors (Lipinski definition) is 2. The molecule has 194 valence electrons. The van der Waals surface area contributed by atoms with Crippen molar-refractivity contribution in [2.75, 3.05) is 22.8 Å². The third kappa shape index (κ3) is 6.02. The van der Waals surface area contributed by atoms with Gasteiger partial charge in [-0.05, 0) is 54.8 Å². The van der Waals surface area contributed by atoms with E-state index in [2.05, 4.69) is 10.3 Å². The maximum absolute atomic E-state index is 13.8. The molecule has 37 heavy (non-hydrogen) atoms. The molecule has 4 rings (SSSR count). The van der Waals surface area contributed by atoms with E-state index in [1.807, 2.05) is 11.6 Å². The first-order valence-electron chi connectivity index (χ1n) is 11.4. The Bertz CT molecular complexity index is 1410. The zero-order valence-corrected chi connectivity index (χ0v) is 20.9. The minimum absolute atomic E-state index is 0.0933. The Labute approximate surface area is 213 Å². The van der Waals surface area contributed by atoms with Crippen LogP contribution < -0.4 is 19.2 Å². The summed E-state index contributed by atoms with van der Waals surface area (Å²) >= 11 is 0. The normalized spacial score (nSPS) is 13.6. The number of nitrogens with zero attached hydrogens (tertiary/aromatic N) is 3. The smallest absolute Gasteiger partial charge is 0.325 e. The van der Waals surface area contributed by atoms with Crippen molar-refractivity contribution in [2.24, 2.45) is 0 Å². The third-order valence-electron chi connectivity index (χ3n) is 5.92. The van der Waals surface area contributed by atoms with Crippen LogP contribution in [0.4, 0.5) is 25.1 Å². The van der Waals surface area contributed by atoms with E-state index in [-0.39, 0.29) is 24.3 Å². The first kappa shape index (κ1) is 26.0. The average molecular weight is 530 g/mol. The zero-order chi connectivity index (χ0) is 26.7. The third-order valence-corrected chi connectivity index (χ3v) is 7.30. The molecule has 3 amide bonds. The van der Waals surface area contributed by atoms with Crippen molar-refractivity contribution in [3.63, 3.8) is 0 Å². The Morgan fingerprint density at radius 3 is 2.46 bits per heavy atom. The number of anilines is 2. The highest BCUT2D eigenvalue weighted by Crippen LogP contribution is 2.26. The minimum Gasteiger partial charge on any atom is -0.325 e. The molecule has 1 aliphatic heterocycles. The maximum atomic E-state index is 13.8. The molecular formula is C25H25F2N5O4S. The van der Waals surface area contributed by atoms with Crippen LogP contribution in [-0.4, -0.2) is 45.0 Å². The molecule has 0 radical (unpaired) electrons. The molecule has 1 aromatic heterocycles. The van der Waals surface area contributed by atoms with Gasteiger partial charge in [0, 0.05) is 38.0 Å². The van der Waals surface area contributed by atoms with E-state index < -0.39 is 39.8 Å². The van der Waals surface area contributed by atoms with E-state index in [4.69, 9.17) is 0 Å². The summed E-state index contributed by atoms with van der Waals surface area (Å²) in [5.41, 5.74) is 2.31. The second-order valence-corrected chi connectivity index (χ2v) is 10.3. The number of carbonyl (C=O) groups excluding carboxylic acids is 2. The standard InChI is InChI=1S/C25H25F2N5O4S/c1-16-5-7-21(8-6-16)31(2)24(33)22(14-17-12-19(26)15-20(27)13-17)29-25(34)30-37(35,36)32-11-9-18-4-3-10-28-23(18)32/h3-8,10,12-13,15,22H,9,11,14H2,1-2H3,(H2,29,30,34)/t22-/m0/s1. The van der Waals surface area contributed by atoms with Gasteiger partial charge in [0.1, 0.15) is 23.5 Å². The highest BCUT2D eigenvalue weighted by molar-refractivity contribution is 7.91. The van der Waals surface area contributed by atoms with Crippen LogP contribution in [0, 0.1) is 18.6 Å². The predicted octanol–water partition coefficient (Wildman–Crippen LogP) is 2.85. The molecule has 0 saturated heterocycles. The molecule has 1 aliphatic rings. The van der Waals surface area contributed by atoms with Crippen LogP contribution >= 0.6 is 0 Å². The van der Waals surface area contributed by atoms with Gasteiger partial charge in [-0.25, -0.2) is 27.6 Å². The topological polar surface area (TPSA) is 112 Å². The number of nitrogens with one attached hydrogen (secondary N) is 2. The number of fused-ring (bicyclic) bond motifs is 1. The van der Waals surface area contributed by atoms with Crippen molar-refractivity contribution in [1.29, 1.82) is 0 Å². The molecule has 2 N–H and O–H groups in total. The molecule has 12 heteroatoms.